The Balaban J connectivity index is 0. The van der Waals surface area contributed by atoms with Crippen molar-refractivity contribution in [2.45, 2.75) is 13.8 Å². The smallest absolute Gasteiger partial charge is 0.726 e. The van der Waals surface area contributed by atoms with E-state index in [2.05, 4.69) is 4.18 Å². The maximum Gasteiger partial charge on any atom is 1.00 e. The van der Waals surface area contributed by atoms with Crippen molar-refractivity contribution in [3.05, 3.63) is 0 Å². The predicted molar refractivity (Wildman–Crippen MR) is 30.5 cm³/mol. The fraction of sp³-hybridized carbons (Fsp3) is 1.00. The summed E-state index contributed by atoms with van der Waals surface area (Å²) < 4.78 is 33.2. The molecule has 0 heterocycles. The summed E-state index contributed by atoms with van der Waals surface area (Å²) in [7, 11) is -4.47. The predicted octanol–water partition coefficient (Wildman–Crippen LogP) is -2.88. The van der Waals surface area contributed by atoms with Gasteiger partial charge in [0.25, 0.3) is 0 Å². The molecule has 0 atom stereocenters. The molecule has 0 aliphatic carbocycles. The zero-order chi connectivity index (χ0) is 7.49. The van der Waals surface area contributed by atoms with Crippen LogP contribution >= 0.6 is 0 Å². The average Bonchev–Trinajstić information content (AvgIpc) is 1.59. The summed E-state index contributed by atoms with van der Waals surface area (Å²) in [5, 5.41) is 0. The minimum atomic E-state index is -4.47. The SMILES string of the molecule is CC(C)COS(=O)(=O)[O-].[Li+]. The molecule has 0 unspecified atom stereocenters. The summed E-state index contributed by atoms with van der Waals surface area (Å²) in [6.45, 7) is 3.47. The third-order valence-electron chi connectivity index (χ3n) is 0.546. The first-order chi connectivity index (χ1) is 3.92. The Morgan fingerprint density at radius 3 is 2.00 bits per heavy atom. The van der Waals surface area contributed by atoms with E-state index >= 15 is 0 Å². The summed E-state index contributed by atoms with van der Waals surface area (Å²) in [6, 6.07) is 0. The minimum Gasteiger partial charge on any atom is -0.726 e. The minimum absolute atomic E-state index is 0. The topological polar surface area (TPSA) is 66.4 Å². The van der Waals surface area contributed by atoms with Gasteiger partial charge in [-0.25, -0.2) is 8.42 Å². The van der Waals surface area contributed by atoms with Gasteiger partial charge in [0.1, 0.15) is 0 Å². The molecule has 0 aromatic carbocycles. The molecule has 6 heteroatoms. The summed E-state index contributed by atoms with van der Waals surface area (Å²) in [5.74, 6) is 0.0636. The molecule has 0 N–H and O–H groups in total. The molecule has 0 saturated carbocycles. The van der Waals surface area contributed by atoms with Crippen LogP contribution in [0.25, 0.3) is 0 Å². The molecule has 10 heavy (non-hydrogen) atoms. The molecule has 0 aromatic heterocycles. The van der Waals surface area contributed by atoms with E-state index in [-0.39, 0.29) is 31.4 Å². The van der Waals surface area contributed by atoms with E-state index < -0.39 is 10.4 Å². The van der Waals surface area contributed by atoms with Gasteiger partial charge in [-0.1, -0.05) is 13.8 Å². The first-order valence-electron chi connectivity index (χ1n) is 2.52. The van der Waals surface area contributed by atoms with Gasteiger partial charge in [0.2, 0.25) is 10.4 Å². The van der Waals surface area contributed by atoms with Crippen molar-refractivity contribution in [1.82, 2.24) is 0 Å². The van der Waals surface area contributed by atoms with Gasteiger partial charge in [-0.15, -0.1) is 0 Å². The molecule has 0 rings (SSSR count). The van der Waals surface area contributed by atoms with Gasteiger partial charge in [-0.2, -0.15) is 0 Å². The standard InChI is InChI=1S/C4H10O4S.Li/c1-4(2)3-8-9(5,6)7;/h4H,3H2,1-2H3,(H,5,6,7);/q;+1/p-1. The van der Waals surface area contributed by atoms with Crippen LogP contribution in [0.5, 0.6) is 0 Å². The second kappa shape index (κ2) is 5.16. The molecule has 0 aromatic rings. The van der Waals surface area contributed by atoms with Crippen LogP contribution in [0.3, 0.4) is 0 Å². The van der Waals surface area contributed by atoms with Crippen molar-refractivity contribution in [2.75, 3.05) is 6.61 Å². The Morgan fingerprint density at radius 2 is 1.90 bits per heavy atom. The maximum absolute atomic E-state index is 9.76. The van der Waals surface area contributed by atoms with Crippen LogP contribution < -0.4 is 18.9 Å². The van der Waals surface area contributed by atoms with E-state index in [1.807, 2.05) is 0 Å². The molecule has 4 nitrogen and oxygen atoms in total. The fourth-order valence-electron chi connectivity index (χ4n) is 0.219. The fourth-order valence-corrected chi connectivity index (χ4v) is 0.658. The van der Waals surface area contributed by atoms with Crippen molar-refractivity contribution in [2.24, 2.45) is 5.92 Å². The van der Waals surface area contributed by atoms with Crippen LogP contribution in [0.1, 0.15) is 13.8 Å². The van der Waals surface area contributed by atoms with Crippen molar-refractivity contribution in [3.63, 3.8) is 0 Å². The van der Waals surface area contributed by atoms with E-state index in [1.54, 1.807) is 13.8 Å². The van der Waals surface area contributed by atoms with Gasteiger partial charge in [-0.05, 0) is 5.92 Å². The molecule has 0 aliphatic rings. The van der Waals surface area contributed by atoms with E-state index in [0.29, 0.717) is 0 Å². The quantitative estimate of drug-likeness (QED) is 0.253. The van der Waals surface area contributed by atoms with Gasteiger partial charge in [-0.3, -0.25) is 4.18 Å². The largest absolute Gasteiger partial charge is 1.00 e. The van der Waals surface area contributed by atoms with Gasteiger partial charge in [0.15, 0.2) is 0 Å². The van der Waals surface area contributed by atoms with Crippen LogP contribution in [-0.2, 0) is 14.6 Å². The van der Waals surface area contributed by atoms with Gasteiger partial charge in [0.05, 0.1) is 6.61 Å². The Hall–Kier alpha value is 0.467. The van der Waals surface area contributed by atoms with E-state index in [1.165, 1.54) is 0 Å². The summed E-state index contributed by atoms with van der Waals surface area (Å²) >= 11 is 0. The molecule has 0 amide bonds. The van der Waals surface area contributed by atoms with Gasteiger partial charge in [0, 0.05) is 0 Å². The van der Waals surface area contributed by atoms with Crippen molar-refractivity contribution >= 4 is 10.4 Å². The Kier molecular flexibility index (Phi) is 6.75. The number of rotatable bonds is 3. The van der Waals surface area contributed by atoms with Crippen LogP contribution in [0.4, 0.5) is 0 Å². The molecule has 0 saturated heterocycles. The zero-order valence-electron chi connectivity index (χ0n) is 6.33. The third kappa shape index (κ3) is 11.3. The summed E-state index contributed by atoms with van der Waals surface area (Å²) in [6.07, 6.45) is 0. The van der Waals surface area contributed by atoms with Crippen molar-refractivity contribution < 1.29 is 36.0 Å². The van der Waals surface area contributed by atoms with Crippen molar-refractivity contribution in [1.29, 1.82) is 0 Å². The van der Waals surface area contributed by atoms with Gasteiger partial charge < -0.3 is 4.55 Å². The molecule has 0 spiro atoms. The monoisotopic (exact) mass is 160 g/mol. The van der Waals surface area contributed by atoms with E-state index in [9.17, 15) is 13.0 Å². The summed E-state index contributed by atoms with van der Waals surface area (Å²) in [4.78, 5) is 0. The third-order valence-corrected chi connectivity index (χ3v) is 0.970. The maximum atomic E-state index is 9.76. The van der Waals surface area contributed by atoms with Crippen LogP contribution in [-0.4, -0.2) is 19.6 Å². The first kappa shape index (κ1) is 13.1. The van der Waals surface area contributed by atoms with Crippen LogP contribution in [0.2, 0.25) is 0 Å². The Morgan fingerprint density at radius 1 is 1.50 bits per heavy atom. The molecule has 0 fully saturated rings. The second-order valence-corrected chi connectivity index (χ2v) is 3.14. The van der Waals surface area contributed by atoms with Crippen LogP contribution in [0.15, 0.2) is 0 Å². The summed E-state index contributed by atoms with van der Waals surface area (Å²) in [5.41, 5.74) is 0. The van der Waals surface area contributed by atoms with Gasteiger partial charge >= 0.3 is 18.9 Å². The Bertz CT molecular complexity index is 162. The van der Waals surface area contributed by atoms with E-state index in [4.69, 9.17) is 0 Å². The molecule has 0 aliphatic heterocycles. The average molecular weight is 160 g/mol. The van der Waals surface area contributed by atoms with Crippen LogP contribution in [0, 0.1) is 5.92 Å². The normalized spacial score (nSPS) is 11.2. The Labute approximate surface area is 73.1 Å². The number of hydrogen-bond donors (Lipinski definition) is 0. The molecule has 0 radical (unpaired) electrons. The molecule has 56 valence electrons. The zero-order valence-corrected chi connectivity index (χ0v) is 7.14. The van der Waals surface area contributed by atoms with Crippen molar-refractivity contribution in [3.8, 4) is 0 Å². The number of hydrogen-bond acceptors (Lipinski definition) is 4. The second-order valence-electron chi connectivity index (χ2n) is 2.09. The molecular formula is C4H9LiO4S. The molecular weight excluding hydrogens is 151 g/mol. The van der Waals surface area contributed by atoms with E-state index in [0.717, 1.165) is 0 Å². The molecule has 0 bridgehead atoms. The first-order valence-corrected chi connectivity index (χ1v) is 3.85.